The number of fused-ring (bicyclic) bond motifs is 15. The van der Waals surface area contributed by atoms with Gasteiger partial charge >= 0.3 is 0 Å². The van der Waals surface area contributed by atoms with E-state index in [1.54, 1.807) is 0 Å². The molecule has 0 N–H and O–H groups in total. The molecular formula is C86H53N3O2S. The standard InChI is InChI=1S/C86H53N3O2S/c1-3-21-60(22-4-1)88(79-50-58-19-7-8-26-66(58)68-27-9-10-28-69(68)79)65-47-59(56-38-42-74-73-31-13-16-36-84(73)92-85(74)51-56)46-64(52-65)87(63-40-44-82-77(53-63)72-30-12-15-35-81(72)90-82)62-25-17-20-57(45-62)67-32-18-33-75-76-48-54(39-43-83(76)91-86(67)75)55-37-41-71-70-29-11-14-34-78(70)89(80(71)49-55)61-23-5-2-6-24-61/h1-53H. The van der Waals surface area contributed by atoms with Gasteiger partial charge in [-0.1, -0.05) is 200 Å². The number of aromatic nitrogens is 1. The van der Waals surface area contributed by atoms with Gasteiger partial charge in [0.1, 0.15) is 22.3 Å². The highest BCUT2D eigenvalue weighted by Gasteiger charge is 2.25. The van der Waals surface area contributed by atoms with Crippen molar-refractivity contribution in [2.24, 2.45) is 0 Å². The first-order valence-electron chi connectivity index (χ1n) is 31.3. The maximum absolute atomic E-state index is 7.03. The normalized spacial score (nSPS) is 11.9. The highest BCUT2D eigenvalue weighted by Crippen LogP contribution is 2.49. The summed E-state index contributed by atoms with van der Waals surface area (Å²) in [6.07, 6.45) is 0. The van der Waals surface area contributed by atoms with Gasteiger partial charge in [0.05, 0.1) is 16.7 Å². The van der Waals surface area contributed by atoms with E-state index in [9.17, 15) is 0 Å². The van der Waals surface area contributed by atoms with Crippen LogP contribution in [-0.4, -0.2) is 4.57 Å². The molecule has 19 rings (SSSR count). The maximum Gasteiger partial charge on any atom is 0.143 e. The summed E-state index contributed by atoms with van der Waals surface area (Å²) < 4.78 is 18.5. The molecule has 0 aliphatic rings. The van der Waals surface area contributed by atoms with Crippen molar-refractivity contribution in [1.82, 2.24) is 4.57 Å². The van der Waals surface area contributed by atoms with E-state index in [0.717, 1.165) is 122 Å². The summed E-state index contributed by atoms with van der Waals surface area (Å²) in [6.45, 7) is 0. The van der Waals surface area contributed by atoms with E-state index in [4.69, 9.17) is 8.83 Å². The summed E-state index contributed by atoms with van der Waals surface area (Å²) in [5.41, 5.74) is 19.5. The molecule has 0 aliphatic carbocycles. The van der Waals surface area contributed by atoms with Crippen LogP contribution in [0.5, 0.6) is 0 Å². The van der Waals surface area contributed by atoms with Gasteiger partial charge < -0.3 is 23.2 Å². The van der Waals surface area contributed by atoms with Crippen molar-refractivity contribution in [2.45, 2.75) is 0 Å². The van der Waals surface area contributed by atoms with Gasteiger partial charge in [-0.25, -0.2) is 0 Å². The Morgan fingerprint density at radius 3 is 1.71 bits per heavy atom. The van der Waals surface area contributed by atoms with E-state index in [2.05, 4.69) is 330 Å². The van der Waals surface area contributed by atoms with Crippen molar-refractivity contribution in [3.8, 4) is 39.1 Å². The topological polar surface area (TPSA) is 37.7 Å². The van der Waals surface area contributed by atoms with Crippen LogP contribution in [-0.2, 0) is 0 Å². The SMILES string of the molecule is c1ccc(N(c2cc(-c3ccc4c(c3)sc3ccccc34)cc(N(c3cccc(-c4cccc5c4oc4ccc(-c6ccc7c8ccccc8n(-c8ccccc8)c7c6)cc45)c3)c3ccc4oc5ccccc5c4c3)c2)c2cc3ccccc3c3ccccc23)cc1. The third-order valence-corrected chi connectivity index (χ3v) is 19.8. The van der Waals surface area contributed by atoms with Gasteiger partial charge in [-0.15, -0.1) is 11.3 Å². The fourth-order valence-electron chi connectivity index (χ4n) is 14.5. The molecule has 430 valence electrons. The van der Waals surface area contributed by atoms with E-state index in [1.807, 2.05) is 17.4 Å². The van der Waals surface area contributed by atoms with Crippen molar-refractivity contribution in [2.75, 3.05) is 9.80 Å². The van der Waals surface area contributed by atoms with E-state index >= 15 is 0 Å². The summed E-state index contributed by atoms with van der Waals surface area (Å²) >= 11 is 1.85. The summed E-state index contributed by atoms with van der Waals surface area (Å²) in [4.78, 5) is 4.88. The van der Waals surface area contributed by atoms with Crippen molar-refractivity contribution >= 4 is 153 Å². The van der Waals surface area contributed by atoms with E-state index < -0.39 is 0 Å². The molecule has 0 bridgehead atoms. The quantitative estimate of drug-likeness (QED) is 0.128. The minimum atomic E-state index is 0.837. The Morgan fingerprint density at radius 1 is 0.261 bits per heavy atom. The van der Waals surface area contributed by atoms with Crippen LogP contribution in [0.4, 0.5) is 34.1 Å². The first kappa shape index (κ1) is 52.0. The number of furan rings is 2. The molecular weight excluding hydrogens is 1140 g/mol. The number of para-hydroxylation sites is 5. The van der Waals surface area contributed by atoms with Gasteiger partial charge in [0.25, 0.3) is 0 Å². The van der Waals surface area contributed by atoms with Gasteiger partial charge in [0.15, 0.2) is 0 Å². The molecule has 0 radical (unpaired) electrons. The van der Waals surface area contributed by atoms with E-state index in [0.29, 0.717) is 0 Å². The number of benzene rings is 15. The first-order valence-corrected chi connectivity index (χ1v) is 32.1. The van der Waals surface area contributed by atoms with Crippen molar-refractivity contribution in [3.05, 3.63) is 322 Å². The lowest BCUT2D eigenvalue weighted by molar-refractivity contribution is 0.669. The minimum absolute atomic E-state index is 0.837. The summed E-state index contributed by atoms with van der Waals surface area (Å²) in [5.74, 6) is 0. The smallest absolute Gasteiger partial charge is 0.143 e. The zero-order valence-electron chi connectivity index (χ0n) is 49.7. The summed E-state index contributed by atoms with van der Waals surface area (Å²) in [7, 11) is 0. The predicted molar refractivity (Wildman–Crippen MR) is 389 cm³/mol. The van der Waals surface area contributed by atoms with Gasteiger partial charge in [0, 0.05) is 97.6 Å². The molecule has 4 heterocycles. The van der Waals surface area contributed by atoms with Gasteiger partial charge in [-0.2, -0.15) is 0 Å². The Bertz CT molecular complexity index is 6170. The highest BCUT2D eigenvalue weighted by atomic mass is 32.1. The fraction of sp³-hybridized carbons (Fsp3) is 0. The van der Waals surface area contributed by atoms with Crippen molar-refractivity contribution in [3.63, 3.8) is 0 Å². The summed E-state index contributed by atoms with van der Waals surface area (Å²) in [6, 6.07) is 117. The molecule has 4 aromatic heterocycles. The Balaban J connectivity index is 0.811. The first-order chi connectivity index (χ1) is 45.6. The van der Waals surface area contributed by atoms with Crippen LogP contribution >= 0.6 is 11.3 Å². The predicted octanol–water partition coefficient (Wildman–Crippen LogP) is 25.2. The van der Waals surface area contributed by atoms with Gasteiger partial charge in [-0.05, 0) is 165 Å². The van der Waals surface area contributed by atoms with Crippen molar-refractivity contribution < 1.29 is 8.83 Å². The van der Waals surface area contributed by atoms with Crippen LogP contribution in [0, 0.1) is 0 Å². The monoisotopic (exact) mass is 1190 g/mol. The molecule has 19 aromatic rings. The largest absolute Gasteiger partial charge is 0.456 e. The van der Waals surface area contributed by atoms with Crippen LogP contribution in [0.1, 0.15) is 0 Å². The second-order valence-electron chi connectivity index (χ2n) is 24.0. The summed E-state index contributed by atoms with van der Waals surface area (Å²) in [5, 5.41) is 14.0. The lowest BCUT2D eigenvalue weighted by atomic mass is 9.97. The van der Waals surface area contributed by atoms with Crippen LogP contribution in [0.3, 0.4) is 0 Å². The molecule has 0 saturated heterocycles. The Labute approximate surface area is 533 Å². The average molecular weight is 1190 g/mol. The molecule has 5 nitrogen and oxygen atoms in total. The second-order valence-corrected chi connectivity index (χ2v) is 25.0. The van der Waals surface area contributed by atoms with Crippen molar-refractivity contribution in [1.29, 1.82) is 0 Å². The van der Waals surface area contributed by atoms with E-state index in [-0.39, 0.29) is 0 Å². The van der Waals surface area contributed by atoms with Gasteiger partial charge in [-0.3, -0.25) is 0 Å². The molecule has 0 saturated carbocycles. The number of thiophene rings is 1. The molecule has 0 aliphatic heterocycles. The molecule has 0 unspecified atom stereocenters. The average Bonchev–Trinajstić information content (AvgIpc) is 1.32. The fourth-order valence-corrected chi connectivity index (χ4v) is 15.6. The molecule has 92 heavy (non-hydrogen) atoms. The number of anilines is 6. The molecule has 6 heteroatoms. The number of hydrogen-bond donors (Lipinski definition) is 0. The lowest BCUT2D eigenvalue weighted by Gasteiger charge is -2.31. The second kappa shape index (κ2) is 20.8. The zero-order chi connectivity index (χ0) is 60.4. The van der Waals surface area contributed by atoms with Crippen LogP contribution in [0.2, 0.25) is 0 Å². The number of rotatable bonds is 10. The third kappa shape index (κ3) is 8.38. The molecule has 0 amide bonds. The highest BCUT2D eigenvalue weighted by molar-refractivity contribution is 7.25. The molecule has 15 aromatic carbocycles. The van der Waals surface area contributed by atoms with Crippen LogP contribution in [0.25, 0.3) is 146 Å². The van der Waals surface area contributed by atoms with Crippen LogP contribution < -0.4 is 9.80 Å². The Kier molecular flexibility index (Phi) is 11.8. The maximum atomic E-state index is 7.03. The lowest BCUT2D eigenvalue weighted by Crippen LogP contribution is -2.14. The zero-order valence-corrected chi connectivity index (χ0v) is 50.5. The van der Waals surface area contributed by atoms with Crippen LogP contribution in [0.15, 0.2) is 330 Å². The molecule has 0 atom stereocenters. The number of nitrogens with zero attached hydrogens (tertiary/aromatic N) is 3. The molecule has 0 spiro atoms. The molecule has 0 fully saturated rings. The Hall–Kier alpha value is -12.0. The third-order valence-electron chi connectivity index (χ3n) is 18.7. The van der Waals surface area contributed by atoms with E-state index in [1.165, 1.54) is 58.1 Å². The Morgan fingerprint density at radius 2 is 0.837 bits per heavy atom. The minimum Gasteiger partial charge on any atom is -0.456 e. The van der Waals surface area contributed by atoms with Gasteiger partial charge in [0.2, 0.25) is 0 Å². The number of hydrogen-bond acceptors (Lipinski definition) is 5.